The summed E-state index contributed by atoms with van der Waals surface area (Å²) in [6.45, 7) is 4.40. The molecule has 2 saturated heterocycles. The zero-order chi connectivity index (χ0) is 11.4. The SMILES string of the molecule is CN(CC1CCCOC1)C(=O)C1CCNC1.Cl. The Labute approximate surface area is 109 Å². The van der Waals surface area contributed by atoms with Gasteiger partial charge in [-0.3, -0.25) is 4.79 Å². The molecule has 4 nitrogen and oxygen atoms in total. The number of ether oxygens (including phenoxy) is 1. The number of rotatable bonds is 3. The van der Waals surface area contributed by atoms with E-state index < -0.39 is 0 Å². The van der Waals surface area contributed by atoms with Gasteiger partial charge in [0.15, 0.2) is 0 Å². The van der Waals surface area contributed by atoms with Crippen LogP contribution in [0.2, 0.25) is 0 Å². The largest absolute Gasteiger partial charge is 0.381 e. The number of amides is 1. The van der Waals surface area contributed by atoms with Crippen LogP contribution in [0.3, 0.4) is 0 Å². The fraction of sp³-hybridized carbons (Fsp3) is 0.917. The smallest absolute Gasteiger partial charge is 0.226 e. The van der Waals surface area contributed by atoms with Crippen molar-refractivity contribution in [3.63, 3.8) is 0 Å². The van der Waals surface area contributed by atoms with E-state index in [2.05, 4.69) is 5.32 Å². The third-order valence-electron chi connectivity index (χ3n) is 3.57. The molecule has 1 amide bonds. The van der Waals surface area contributed by atoms with Crippen molar-refractivity contribution in [1.82, 2.24) is 10.2 Å². The summed E-state index contributed by atoms with van der Waals surface area (Å²) in [5, 5.41) is 3.24. The Morgan fingerprint density at radius 3 is 2.88 bits per heavy atom. The van der Waals surface area contributed by atoms with Gasteiger partial charge in [-0.15, -0.1) is 12.4 Å². The summed E-state index contributed by atoms with van der Waals surface area (Å²) >= 11 is 0. The molecule has 1 N–H and O–H groups in total. The highest BCUT2D eigenvalue weighted by atomic mass is 35.5. The number of carbonyl (C=O) groups is 1. The molecule has 2 fully saturated rings. The Morgan fingerprint density at radius 2 is 2.29 bits per heavy atom. The molecule has 2 unspecified atom stereocenters. The van der Waals surface area contributed by atoms with Crippen LogP contribution in [0.5, 0.6) is 0 Å². The van der Waals surface area contributed by atoms with Crippen molar-refractivity contribution >= 4 is 18.3 Å². The minimum Gasteiger partial charge on any atom is -0.381 e. The minimum atomic E-state index is 0. The van der Waals surface area contributed by atoms with E-state index in [0.717, 1.165) is 45.7 Å². The molecule has 0 radical (unpaired) electrons. The second-order valence-electron chi connectivity index (χ2n) is 4.99. The van der Waals surface area contributed by atoms with Gasteiger partial charge in [-0.05, 0) is 31.7 Å². The molecule has 0 aromatic carbocycles. The van der Waals surface area contributed by atoms with Crippen LogP contribution in [-0.4, -0.2) is 50.7 Å². The number of nitrogens with zero attached hydrogens (tertiary/aromatic N) is 1. The highest BCUT2D eigenvalue weighted by molar-refractivity contribution is 5.85. The van der Waals surface area contributed by atoms with E-state index >= 15 is 0 Å². The maximum Gasteiger partial charge on any atom is 0.226 e. The summed E-state index contributed by atoms with van der Waals surface area (Å²) in [7, 11) is 1.93. The van der Waals surface area contributed by atoms with Gasteiger partial charge in [-0.25, -0.2) is 0 Å². The highest BCUT2D eigenvalue weighted by Gasteiger charge is 2.27. The molecule has 0 spiro atoms. The second-order valence-corrected chi connectivity index (χ2v) is 4.99. The van der Waals surface area contributed by atoms with Crippen LogP contribution in [0.15, 0.2) is 0 Å². The van der Waals surface area contributed by atoms with Crippen LogP contribution in [0.4, 0.5) is 0 Å². The number of carbonyl (C=O) groups excluding carboxylic acids is 1. The quantitative estimate of drug-likeness (QED) is 0.822. The molecule has 2 rings (SSSR count). The molecule has 17 heavy (non-hydrogen) atoms. The van der Waals surface area contributed by atoms with Crippen LogP contribution in [0.1, 0.15) is 19.3 Å². The van der Waals surface area contributed by atoms with E-state index in [9.17, 15) is 4.79 Å². The van der Waals surface area contributed by atoms with E-state index in [4.69, 9.17) is 4.74 Å². The topological polar surface area (TPSA) is 41.6 Å². The van der Waals surface area contributed by atoms with E-state index in [1.54, 1.807) is 0 Å². The highest BCUT2D eigenvalue weighted by Crippen LogP contribution is 2.17. The van der Waals surface area contributed by atoms with Gasteiger partial charge in [0.25, 0.3) is 0 Å². The first-order chi connectivity index (χ1) is 7.77. The lowest BCUT2D eigenvalue weighted by Gasteiger charge is -2.28. The zero-order valence-electron chi connectivity index (χ0n) is 10.5. The monoisotopic (exact) mass is 262 g/mol. The van der Waals surface area contributed by atoms with Crippen LogP contribution >= 0.6 is 12.4 Å². The molecule has 0 aromatic rings. The van der Waals surface area contributed by atoms with Gasteiger partial charge in [0.05, 0.1) is 12.5 Å². The van der Waals surface area contributed by atoms with Crippen LogP contribution < -0.4 is 5.32 Å². The average Bonchev–Trinajstić information content (AvgIpc) is 2.83. The van der Waals surface area contributed by atoms with Crippen LogP contribution in [0, 0.1) is 11.8 Å². The maximum atomic E-state index is 12.1. The third-order valence-corrected chi connectivity index (χ3v) is 3.57. The predicted octanol–water partition coefficient (Wildman–Crippen LogP) is 0.903. The zero-order valence-corrected chi connectivity index (χ0v) is 11.3. The molecule has 2 aliphatic rings. The summed E-state index contributed by atoms with van der Waals surface area (Å²) in [6.07, 6.45) is 3.32. The Kier molecular flexibility index (Phi) is 6.23. The van der Waals surface area contributed by atoms with Crippen molar-refractivity contribution in [2.24, 2.45) is 11.8 Å². The van der Waals surface area contributed by atoms with E-state index in [1.807, 2.05) is 11.9 Å². The molecule has 0 aliphatic carbocycles. The van der Waals surface area contributed by atoms with Crippen molar-refractivity contribution in [3.05, 3.63) is 0 Å². The number of hydrogen-bond acceptors (Lipinski definition) is 3. The molecule has 0 saturated carbocycles. The Bertz CT molecular complexity index is 239. The van der Waals surface area contributed by atoms with Crippen molar-refractivity contribution in [3.8, 4) is 0 Å². The Hall–Kier alpha value is -0.320. The molecule has 100 valence electrons. The molecule has 2 atom stereocenters. The van der Waals surface area contributed by atoms with Crippen LogP contribution in [0.25, 0.3) is 0 Å². The van der Waals surface area contributed by atoms with Crippen molar-refractivity contribution in [2.75, 3.05) is 39.9 Å². The molecule has 2 heterocycles. The van der Waals surface area contributed by atoms with Gasteiger partial charge in [-0.1, -0.05) is 0 Å². The Balaban J connectivity index is 0.00000144. The first kappa shape index (κ1) is 14.7. The van der Waals surface area contributed by atoms with Gasteiger partial charge in [0.1, 0.15) is 0 Å². The van der Waals surface area contributed by atoms with Gasteiger partial charge in [0, 0.05) is 26.7 Å². The predicted molar refractivity (Wildman–Crippen MR) is 69.4 cm³/mol. The van der Waals surface area contributed by atoms with Crippen LogP contribution in [-0.2, 0) is 9.53 Å². The minimum absolute atomic E-state index is 0. The first-order valence-electron chi connectivity index (χ1n) is 6.31. The normalized spacial score (nSPS) is 28.5. The lowest BCUT2D eigenvalue weighted by molar-refractivity contribution is -0.134. The fourth-order valence-electron chi connectivity index (χ4n) is 2.61. The molecule has 0 bridgehead atoms. The lowest BCUT2D eigenvalue weighted by atomic mass is 10.0. The molecular weight excluding hydrogens is 240 g/mol. The van der Waals surface area contributed by atoms with Crippen molar-refractivity contribution in [2.45, 2.75) is 19.3 Å². The lowest BCUT2D eigenvalue weighted by Crippen LogP contribution is -2.39. The summed E-state index contributed by atoms with van der Waals surface area (Å²) in [5.74, 6) is 1.04. The Morgan fingerprint density at radius 1 is 1.47 bits per heavy atom. The van der Waals surface area contributed by atoms with Crippen molar-refractivity contribution < 1.29 is 9.53 Å². The average molecular weight is 263 g/mol. The standard InChI is InChI=1S/C12H22N2O2.ClH/c1-14(8-10-3-2-6-16-9-10)12(15)11-4-5-13-7-11;/h10-11,13H,2-9H2,1H3;1H. The van der Waals surface area contributed by atoms with E-state index in [1.165, 1.54) is 6.42 Å². The fourth-order valence-corrected chi connectivity index (χ4v) is 2.61. The van der Waals surface area contributed by atoms with Gasteiger partial charge < -0.3 is 15.0 Å². The molecule has 5 heteroatoms. The first-order valence-corrected chi connectivity index (χ1v) is 6.31. The van der Waals surface area contributed by atoms with Crippen molar-refractivity contribution in [1.29, 1.82) is 0 Å². The van der Waals surface area contributed by atoms with E-state index in [0.29, 0.717) is 11.8 Å². The summed E-state index contributed by atoms with van der Waals surface area (Å²) < 4.78 is 5.44. The maximum absolute atomic E-state index is 12.1. The van der Waals surface area contributed by atoms with Gasteiger partial charge >= 0.3 is 0 Å². The second kappa shape index (κ2) is 7.19. The summed E-state index contributed by atoms with van der Waals surface area (Å²) in [6, 6.07) is 0. The number of nitrogens with one attached hydrogen (secondary N) is 1. The van der Waals surface area contributed by atoms with Gasteiger partial charge in [-0.2, -0.15) is 0 Å². The summed E-state index contributed by atoms with van der Waals surface area (Å²) in [4.78, 5) is 14.0. The molecule has 0 aromatic heterocycles. The van der Waals surface area contributed by atoms with Gasteiger partial charge in [0.2, 0.25) is 5.91 Å². The van der Waals surface area contributed by atoms with E-state index in [-0.39, 0.29) is 18.3 Å². The third kappa shape index (κ3) is 4.12. The number of hydrogen-bond donors (Lipinski definition) is 1. The number of halogens is 1. The molecule has 2 aliphatic heterocycles. The summed E-state index contributed by atoms with van der Waals surface area (Å²) in [5.41, 5.74) is 0. The molecular formula is C12H23ClN2O2.